The van der Waals surface area contributed by atoms with Gasteiger partial charge in [0.25, 0.3) is 0 Å². The summed E-state index contributed by atoms with van der Waals surface area (Å²) < 4.78 is 24.5. The summed E-state index contributed by atoms with van der Waals surface area (Å²) in [5.41, 5.74) is 2.89. The number of hydrogen-bond donors (Lipinski definition) is 0. The van der Waals surface area contributed by atoms with Gasteiger partial charge >= 0.3 is 0 Å². The Bertz CT molecular complexity index is 3180. The van der Waals surface area contributed by atoms with Crippen LogP contribution in [0.1, 0.15) is 63.7 Å². The van der Waals surface area contributed by atoms with Crippen molar-refractivity contribution in [1.82, 2.24) is 0 Å². The molecule has 0 aliphatic carbocycles. The van der Waals surface area contributed by atoms with Crippen LogP contribution in [0, 0.1) is 0 Å². The van der Waals surface area contributed by atoms with Crippen LogP contribution < -0.4 is 18.9 Å². The Labute approximate surface area is 435 Å². The normalized spacial score (nSPS) is 12.8. The van der Waals surface area contributed by atoms with Gasteiger partial charge < -0.3 is 18.9 Å². The maximum Gasteiger partial charge on any atom is 0.193 e. The fourth-order valence-corrected chi connectivity index (χ4v) is 9.83. The van der Waals surface area contributed by atoms with Crippen LogP contribution in [0.2, 0.25) is 0 Å². The predicted octanol–water partition coefficient (Wildman–Crippen LogP) is 16.4. The Kier molecular flexibility index (Phi) is 13.5. The Hall–Kier alpha value is -9.22. The van der Waals surface area contributed by atoms with Gasteiger partial charge in [-0.25, -0.2) is 0 Å². The van der Waals surface area contributed by atoms with Gasteiger partial charge in [0.15, 0.2) is 23.1 Å². The molecule has 0 spiro atoms. The van der Waals surface area contributed by atoms with E-state index in [9.17, 15) is 19.2 Å². The highest BCUT2D eigenvalue weighted by molar-refractivity contribution is 7.99. The van der Waals surface area contributed by atoms with Crippen molar-refractivity contribution in [1.29, 1.82) is 0 Å². The molecular weight excluding hydrogens is 961 g/mol. The zero-order chi connectivity index (χ0) is 50.4. The molecule has 0 N–H and O–H groups in total. The Balaban J connectivity index is 0.830. The van der Waals surface area contributed by atoms with E-state index in [0.29, 0.717) is 90.5 Å². The maximum absolute atomic E-state index is 13.9. The number of hydrogen-bond acceptors (Lipinski definition) is 10. The molecule has 13 heterocycles. The van der Waals surface area contributed by atoms with Gasteiger partial charge in [-0.1, -0.05) is 72.1 Å². The van der Waals surface area contributed by atoms with Crippen molar-refractivity contribution in [3.05, 3.63) is 287 Å². The molecule has 10 aromatic carbocycles. The van der Waals surface area contributed by atoms with Crippen LogP contribution in [-0.2, 0) is 0 Å². The van der Waals surface area contributed by atoms with Crippen LogP contribution in [-0.4, -0.2) is 23.1 Å². The van der Waals surface area contributed by atoms with Crippen molar-refractivity contribution in [2.45, 2.75) is 19.6 Å². The number of carbonyl (C=O) groups excluding carboxylic acids is 4. The van der Waals surface area contributed by atoms with Gasteiger partial charge in [-0.05, 0) is 194 Å². The molecule has 10 heteroatoms. The zero-order valence-electron chi connectivity index (χ0n) is 39.2. The van der Waals surface area contributed by atoms with E-state index in [4.69, 9.17) is 18.9 Å². The van der Waals surface area contributed by atoms with Crippen molar-refractivity contribution in [2.24, 2.45) is 0 Å². The standard InChI is InChI=1S/C64H40O8S2/c65-61-41-9-17-45(18-10-41)69-49-25-33-53(34-26-49)73-55-37-29-51(30-38-55)71-47-21-13-43(14-22-47)63(67)59-7-3-4-8-60(59)64(68)44-15-23-48(24-16-44)72-52-31-39-56(40-32-52)74-54-35-27-50(28-36-54)70-46-19-11-42(12-20-46)62(66)58-6-2-1-5-57(58)61/h1-40H. The lowest BCUT2D eigenvalue weighted by molar-refractivity contribution is 0.100. The zero-order valence-corrected chi connectivity index (χ0v) is 40.8. The van der Waals surface area contributed by atoms with Gasteiger partial charge in [0.05, 0.1) is 0 Å². The van der Waals surface area contributed by atoms with Gasteiger partial charge in [0.1, 0.15) is 46.0 Å². The highest BCUT2D eigenvalue weighted by atomic mass is 32.2. The number of ketones is 4. The molecule has 0 aromatic heterocycles. The second-order valence-corrected chi connectivity index (χ2v) is 19.3. The predicted molar refractivity (Wildman–Crippen MR) is 287 cm³/mol. The first kappa shape index (κ1) is 47.1. The van der Waals surface area contributed by atoms with Crippen molar-refractivity contribution >= 4 is 46.7 Å². The lowest BCUT2D eigenvalue weighted by atomic mass is 9.93. The largest absolute Gasteiger partial charge is 0.457 e. The van der Waals surface area contributed by atoms with Gasteiger partial charge in [0.2, 0.25) is 0 Å². The second-order valence-electron chi connectivity index (χ2n) is 17.0. The minimum atomic E-state index is -0.278. The van der Waals surface area contributed by atoms with Crippen LogP contribution in [0.3, 0.4) is 0 Å². The minimum Gasteiger partial charge on any atom is -0.457 e. The third kappa shape index (κ3) is 10.8. The molecule has 356 valence electrons. The molecule has 13 aliphatic heterocycles. The van der Waals surface area contributed by atoms with Crippen LogP contribution in [0.5, 0.6) is 46.0 Å². The Morgan fingerprint density at radius 3 is 0.541 bits per heavy atom. The molecule has 16 bridgehead atoms. The molecule has 13 aliphatic rings. The first-order valence-corrected chi connectivity index (χ1v) is 25.1. The van der Waals surface area contributed by atoms with Gasteiger partial charge in [0, 0.05) is 64.1 Å². The molecule has 0 radical (unpaired) electrons. The summed E-state index contributed by atoms with van der Waals surface area (Å²) in [5.74, 6) is 3.64. The second kappa shape index (κ2) is 21.2. The molecule has 23 rings (SSSR count). The smallest absolute Gasteiger partial charge is 0.193 e. The van der Waals surface area contributed by atoms with Crippen LogP contribution in [0.4, 0.5) is 0 Å². The number of rotatable bonds is 0. The molecule has 0 fully saturated rings. The van der Waals surface area contributed by atoms with E-state index < -0.39 is 0 Å². The first-order chi connectivity index (χ1) is 36.2. The van der Waals surface area contributed by atoms with Gasteiger partial charge in [-0.2, -0.15) is 0 Å². The molecule has 0 unspecified atom stereocenters. The molecule has 0 saturated carbocycles. The monoisotopic (exact) mass is 1000 g/mol. The molecule has 0 atom stereocenters. The summed E-state index contributed by atoms with van der Waals surface area (Å²) in [6.45, 7) is 0. The summed E-state index contributed by atoms with van der Waals surface area (Å²) in [4.78, 5) is 59.5. The number of carbonyl (C=O) groups is 4. The number of benzene rings is 10. The molecule has 74 heavy (non-hydrogen) atoms. The van der Waals surface area contributed by atoms with E-state index in [1.165, 1.54) is 0 Å². The van der Waals surface area contributed by atoms with E-state index in [1.807, 2.05) is 97.1 Å². The highest BCUT2D eigenvalue weighted by Crippen LogP contribution is 2.35. The van der Waals surface area contributed by atoms with Crippen molar-refractivity contribution < 1.29 is 38.1 Å². The Morgan fingerprint density at radius 1 is 0.203 bits per heavy atom. The first-order valence-electron chi connectivity index (χ1n) is 23.5. The van der Waals surface area contributed by atoms with E-state index in [2.05, 4.69) is 0 Å². The van der Waals surface area contributed by atoms with E-state index >= 15 is 0 Å². The molecule has 0 amide bonds. The van der Waals surface area contributed by atoms with Crippen molar-refractivity contribution in [2.75, 3.05) is 0 Å². The third-order valence-corrected chi connectivity index (χ3v) is 14.0. The van der Waals surface area contributed by atoms with Gasteiger partial charge in [-0.3, -0.25) is 19.2 Å². The molecular formula is C64H40O8S2. The van der Waals surface area contributed by atoms with Crippen LogP contribution in [0.25, 0.3) is 0 Å². The number of ether oxygens (including phenoxy) is 4. The molecule has 8 nitrogen and oxygen atoms in total. The fraction of sp³-hybridized carbons (Fsp3) is 0. The van der Waals surface area contributed by atoms with Crippen LogP contribution in [0.15, 0.2) is 262 Å². The third-order valence-electron chi connectivity index (χ3n) is 12.0. The average molecular weight is 1000 g/mol. The van der Waals surface area contributed by atoms with Crippen molar-refractivity contribution in [3.8, 4) is 46.0 Å². The lowest BCUT2D eigenvalue weighted by Crippen LogP contribution is -2.11. The Morgan fingerprint density at radius 2 is 0.365 bits per heavy atom. The SMILES string of the molecule is O=C1c2ccc(cc2)Oc2ccc(cc2)Sc2ccc(cc2)Oc2ccc(cc2)C(=O)c2ccccc2C(=O)c2ccc(cc2)Oc2ccc(cc2)Sc2ccc(cc2)Oc2ccc(cc2)C(=O)c2ccccc21. The van der Waals surface area contributed by atoms with E-state index in [0.717, 1.165) is 19.6 Å². The van der Waals surface area contributed by atoms with Crippen LogP contribution >= 0.6 is 23.5 Å². The average Bonchev–Trinajstić information content (AvgIpc) is 3.45. The van der Waals surface area contributed by atoms with E-state index in [1.54, 1.807) is 169 Å². The maximum atomic E-state index is 13.9. The summed E-state index contributed by atoms with van der Waals surface area (Å²) in [5, 5.41) is 0. The molecule has 0 saturated heterocycles. The minimum absolute atomic E-state index is 0.278. The van der Waals surface area contributed by atoms with E-state index in [-0.39, 0.29) is 23.1 Å². The summed E-state index contributed by atoms with van der Waals surface area (Å²) in [7, 11) is 0. The quantitative estimate of drug-likeness (QED) is 0.146. The highest BCUT2D eigenvalue weighted by Gasteiger charge is 2.22. The summed E-state index contributed by atoms with van der Waals surface area (Å²) in [6, 6.07) is 72.0. The summed E-state index contributed by atoms with van der Waals surface area (Å²) >= 11 is 3.17. The topological polar surface area (TPSA) is 105 Å². The van der Waals surface area contributed by atoms with Crippen molar-refractivity contribution in [3.63, 3.8) is 0 Å². The fourth-order valence-electron chi connectivity index (χ4n) is 8.20. The van der Waals surface area contributed by atoms with Gasteiger partial charge in [-0.15, -0.1) is 0 Å². The summed E-state index contributed by atoms with van der Waals surface area (Å²) in [6.07, 6.45) is 0. The lowest BCUT2D eigenvalue weighted by Gasteiger charge is -2.11. The molecule has 10 aromatic rings.